The highest BCUT2D eigenvalue weighted by Crippen LogP contribution is 2.35. The zero-order valence-electron chi connectivity index (χ0n) is 16.2. The van der Waals surface area contributed by atoms with Crippen molar-refractivity contribution in [2.45, 2.75) is 6.54 Å². The van der Waals surface area contributed by atoms with Crippen LogP contribution in [-0.2, 0) is 6.54 Å². The monoisotopic (exact) mass is 407 g/mol. The summed E-state index contributed by atoms with van der Waals surface area (Å²) in [5.41, 5.74) is 3.24. The number of hydrogen-bond donors (Lipinski definition) is 2. The number of nitrogens with zero attached hydrogens (tertiary/aromatic N) is 2. The molecule has 0 fully saturated rings. The van der Waals surface area contributed by atoms with Gasteiger partial charge in [0.25, 0.3) is 0 Å². The van der Waals surface area contributed by atoms with Gasteiger partial charge in [-0.15, -0.1) is 11.3 Å². The molecule has 29 heavy (non-hydrogen) atoms. The fraction of sp³-hybridized carbons (Fsp3) is 0.182. The third kappa shape index (κ3) is 3.69. The number of benzene rings is 2. The number of methoxy groups -OCH3 is 2. The first-order valence-corrected chi connectivity index (χ1v) is 9.97. The van der Waals surface area contributed by atoms with Gasteiger partial charge in [-0.1, -0.05) is 30.3 Å². The maximum atomic E-state index is 10.5. The van der Waals surface area contributed by atoms with Gasteiger partial charge >= 0.3 is 0 Å². The Morgan fingerprint density at radius 1 is 1.10 bits per heavy atom. The second-order valence-electron chi connectivity index (χ2n) is 6.62. The minimum Gasteiger partial charge on any atom is -0.510 e. The topological polar surface area (TPSA) is 78.7 Å². The molecule has 2 N–H and O–H groups in total. The number of hydrogen-bond acceptors (Lipinski definition) is 6. The largest absolute Gasteiger partial charge is 0.510 e. The molecule has 0 atom stereocenters. The van der Waals surface area contributed by atoms with Gasteiger partial charge in [0.05, 0.1) is 32.0 Å². The molecule has 0 unspecified atom stereocenters. The average Bonchev–Trinajstić information content (AvgIpc) is 3.32. The van der Waals surface area contributed by atoms with Crippen LogP contribution in [0.4, 0.5) is 0 Å². The molecule has 148 valence electrons. The van der Waals surface area contributed by atoms with E-state index in [1.165, 1.54) is 11.3 Å². The van der Waals surface area contributed by atoms with Crippen molar-refractivity contribution in [2.24, 2.45) is 0 Å². The first-order valence-electron chi connectivity index (χ1n) is 9.09. The Hall–Kier alpha value is -3.32. The van der Waals surface area contributed by atoms with Gasteiger partial charge in [-0.25, -0.2) is 4.98 Å². The van der Waals surface area contributed by atoms with Gasteiger partial charge in [-0.05, 0) is 23.8 Å². The van der Waals surface area contributed by atoms with E-state index in [4.69, 9.17) is 14.9 Å². The Labute approximate surface area is 173 Å². The molecule has 0 bridgehead atoms. The Morgan fingerprint density at radius 2 is 1.86 bits per heavy atom. The zero-order chi connectivity index (χ0) is 20.4. The first-order chi connectivity index (χ1) is 14.1. The number of ether oxygens (including phenoxy) is 2. The van der Waals surface area contributed by atoms with Crippen LogP contribution in [0.5, 0.6) is 11.5 Å². The van der Waals surface area contributed by atoms with E-state index in [1.54, 1.807) is 14.2 Å². The maximum Gasteiger partial charge on any atom is 0.161 e. The van der Waals surface area contributed by atoms with Crippen LogP contribution in [0.1, 0.15) is 10.6 Å². The number of amidine groups is 1. The molecule has 1 aliphatic rings. The summed E-state index contributed by atoms with van der Waals surface area (Å²) in [6.45, 7) is 0.884. The second-order valence-corrected chi connectivity index (χ2v) is 7.48. The molecule has 2 aromatic carbocycles. The minimum absolute atomic E-state index is 0.180. The lowest BCUT2D eigenvalue weighted by molar-refractivity contribution is 0.347. The number of aliphatic hydroxyl groups excluding tert-OH is 1. The van der Waals surface area contributed by atoms with Gasteiger partial charge in [0.2, 0.25) is 0 Å². The Kier molecular flexibility index (Phi) is 5.22. The highest BCUT2D eigenvalue weighted by atomic mass is 32.1. The van der Waals surface area contributed by atoms with Crippen LogP contribution in [0.25, 0.3) is 16.8 Å². The summed E-state index contributed by atoms with van der Waals surface area (Å²) in [6, 6.07) is 15.6. The zero-order valence-corrected chi connectivity index (χ0v) is 17.0. The van der Waals surface area contributed by atoms with E-state index in [0.717, 1.165) is 16.8 Å². The summed E-state index contributed by atoms with van der Waals surface area (Å²) < 4.78 is 10.7. The van der Waals surface area contributed by atoms with Crippen molar-refractivity contribution in [3.8, 4) is 22.8 Å². The van der Waals surface area contributed by atoms with Crippen LogP contribution < -0.4 is 9.47 Å². The second kappa shape index (κ2) is 7.97. The molecule has 0 spiro atoms. The third-order valence-corrected chi connectivity index (χ3v) is 5.66. The standard InChI is InChI=1S/C22H21N3O3S/c1-27-18-9-8-15(10-19(18)28-2)16-13-29-22(24-16)20-17(26)12-25(21(20)23)11-14-6-4-3-5-7-14/h3-10,13,23,26H,11-12H2,1-2H3. The highest BCUT2D eigenvalue weighted by Gasteiger charge is 2.30. The van der Waals surface area contributed by atoms with Crippen LogP contribution in [0, 0.1) is 5.41 Å². The van der Waals surface area contributed by atoms with E-state index < -0.39 is 0 Å². The van der Waals surface area contributed by atoms with E-state index >= 15 is 0 Å². The predicted octanol–water partition coefficient (Wildman–Crippen LogP) is 4.59. The summed E-state index contributed by atoms with van der Waals surface area (Å²) in [5.74, 6) is 1.75. The van der Waals surface area contributed by atoms with Crippen molar-refractivity contribution >= 4 is 22.7 Å². The van der Waals surface area contributed by atoms with Gasteiger partial charge in [0.15, 0.2) is 11.5 Å². The van der Waals surface area contributed by atoms with Crippen LogP contribution in [-0.4, -0.2) is 41.6 Å². The number of thiazole rings is 1. The molecule has 2 heterocycles. The van der Waals surface area contributed by atoms with Gasteiger partial charge in [-0.3, -0.25) is 5.41 Å². The number of aromatic nitrogens is 1. The van der Waals surface area contributed by atoms with Crippen molar-refractivity contribution in [3.05, 3.63) is 70.2 Å². The van der Waals surface area contributed by atoms with Crippen LogP contribution in [0.2, 0.25) is 0 Å². The summed E-state index contributed by atoms with van der Waals surface area (Å²) in [7, 11) is 3.19. The molecule has 0 radical (unpaired) electrons. The van der Waals surface area contributed by atoms with E-state index in [0.29, 0.717) is 41.0 Å². The Balaban J connectivity index is 1.58. The molecule has 1 aliphatic heterocycles. The summed E-state index contributed by atoms with van der Waals surface area (Å²) >= 11 is 1.41. The number of rotatable bonds is 6. The quantitative estimate of drug-likeness (QED) is 0.625. The van der Waals surface area contributed by atoms with Crippen LogP contribution in [0.15, 0.2) is 59.7 Å². The molecule has 0 amide bonds. The molecule has 0 aliphatic carbocycles. The Bertz CT molecular complexity index is 1080. The van der Waals surface area contributed by atoms with E-state index in [1.807, 2.05) is 58.8 Å². The molecule has 0 saturated heterocycles. The smallest absolute Gasteiger partial charge is 0.161 e. The molecule has 1 aromatic heterocycles. The summed E-state index contributed by atoms with van der Waals surface area (Å²) in [6.07, 6.45) is 0. The third-order valence-electron chi connectivity index (χ3n) is 4.80. The van der Waals surface area contributed by atoms with Crippen molar-refractivity contribution in [2.75, 3.05) is 20.8 Å². The fourth-order valence-corrected chi connectivity index (χ4v) is 4.21. The molecule has 3 aromatic rings. The van der Waals surface area contributed by atoms with Crippen LogP contribution in [0.3, 0.4) is 0 Å². The van der Waals surface area contributed by atoms with Gasteiger partial charge in [0, 0.05) is 17.5 Å². The van der Waals surface area contributed by atoms with Crippen LogP contribution >= 0.6 is 11.3 Å². The predicted molar refractivity (Wildman–Crippen MR) is 115 cm³/mol. The van der Waals surface area contributed by atoms with E-state index in [9.17, 15) is 5.11 Å². The SMILES string of the molecule is COc1ccc(-c2csc(C3=C(O)CN(Cc4ccccc4)C3=N)n2)cc1OC. The fourth-order valence-electron chi connectivity index (χ4n) is 3.31. The molecular formula is C22H21N3O3S. The Morgan fingerprint density at radius 3 is 2.59 bits per heavy atom. The van der Waals surface area contributed by atoms with Crippen molar-refractivity contribution in [1.82, 2.24) is 9.88 Å². The molecule has 0 saturated carbocycles. The number of aliphatic hydroxyl groups is 1. The lowest BCUT2D eigenvalue weighted by Gasteiger charge is -2.18. The number of nitrogens with one attached hydrogen (secondary N) is 1. The van der Waals surface area contributed by atoms with Crippen molar-refractivity contribution in [3.63, 3.8) is 0 Å². The van der Waals surface area contributed by atoms with Gasteiger partial charge < -0.3 is 19.5 Å². The molecule has 6 nitrogen and oxygen atoms in total. The van der Waals surface area contributed by atoms with Gasteiger partial charge in [0.1, 0.15) is 16.6 Å². The summed E-state index contributed by atoms with van der Waals surface area (Å²) in [4.78, 5) is 6.52. The van der Waals surface area contributed by atoms with E-state index in [-0.39, 0.29) is 5.76 Å². The normalized spacial score (nSPS) is 13.9. The van der Waals surface area contributed by atoms with Gasteiger partial charge in [-0.2, -0.15) is 0 Å². The molecular weight excluding hydrogens is 386 g/mol. The maximum absolute atomic E-state index is 10.5. The lowest BCUT2D eigenvalue weighted by Crippen LogP contribution is -2.25. The highest BCUT2D eigenvalue weighted by molar-refractivity contribution is 7.11. The van der Waals surface area contributed by atoms with Crippen molar-refractivity contribution in [1.29, 1.82) is 5.41 Å². The average molecular weight is 407 g/mol. The molecule has 4 rings (SSSR count). The molecule has 7 heteroatoms. The summed E-state index contributed by atoms with van der Waals surface area (Å²) in [5, 5.41) is 21.6. The van der Waals surface area contributed by atoms with Crippen molar-refractivity contribution < 1.29 is 14.6 Å². The first kappa shape index (κ1) is 19.0. The van der Waals surface area contributed by atoms with E-state index in [2.05, 4.69) is 4.98 Å². The minimum atomic E-state index is 0.180. The lowest BCUT2D eigenvalue weighted by atomic mass is 10.1.